The molecule has 1 heterocycles. The first-order valence-electron chi connectivity index (χ1n) is 11.1. The van der Waals surface area contributed by atoms with Gasteiger partial charge in [-0.3, -0.25) is 9.69 Å². The van der Waals surface area contributed by atoms with Crippen LogP contribution in [0.4, 0.5) is 0 Å². The van der Waals surface area contributed by atoms with Crippen molar-refractivity contribution >= 4 is 5.91 Å². The summed E-state index contributed by atoms with van der Waals surface area (Å²) >= 11 is 0. The third-order valence-corrected chi connectivity index (χ3v) is 5.35. The van der Waals surface area contributed by atoms with E-state index in [2.05, 4.69) is 41.9 Å². The summed E-state index contributed by atoms with van der Waals surface area (Å²) in [6, 6.07) is 6.21. The van der Waals surface area contributed by atoms with E-state index >= 15 is 0 Å². The number of hydrogen-bond acceptors (Lipinski definition) is 7. The Balaban J connectivity index is 1.60. The van der Waals surface area contributed by atoms with Gasteiger partial charge in [0, 0.05) is 32.7 Å². The minimum Gasteiger partial charge on any atom is -0.493 e. The van der Waals surface area contributed by atoms with Crippen molar-refractivity contribution < 1.29 is 19.5 Å². The highest BCUT2D eigenvalue weighted by atomic mass is 16.9. The van der Waals surface area contributed by atoms with Crippen LogP contribution in [0.3, 0.4) is 0 Å². The molecule has 0 radical (unpaired) electrons. The van der Waals surface area contributed by atoms with E-state index in [1.165, 1.54) is 11.1 Å². The Morgan fingerprint density at radius 3 is 2.68 bits per heavy atom. The summed E-state index contributed by atoms with van der Waals surface area (Å²) in [5.41, 5.74) is 2.45. The van der Waals surface area contributed by atoms with Gasteiger partial charge < -0.3 is 19.8 Å². The average Bonchev–Trinajstić information content (AvgIpc) is 2.73. The SMILES string of the molecule is Cc1c(CNCCCN2CCN(C(=O)CCO[N+](=O)[O-])CC2)cccc1OCC(C)C. The molecule has 0 unspecified atom stereocenters. The van der Waals surface area contributed by atoms with Gasteiger partial charge in [-0.2, -0.15) is 0 Å². The van der Waals surface area contributed by atoms with Crippen molar-refractivity contribution in [2.24, 2.45) is 5.92 Å². The number of carbonyl (C=O) groups is 1. The van der Waals surface area contributed by atoms with Crippen LogP contribution >= 0.6 is 0 Å². The second kappa shape index (κ2) is 13.1. The molecule has 174 valence electrons. The van der Waals surface area contributed by atoms with Crippen molar-refractivity contribution in [2.75, 3.05) is 52.5 Å². The molecule has 9 nitrogen and oxygen atoms in total. The van der Waals surface area contributed by atoms with Gasteiger partial charge in [-0.25, -0.2) is 0 Å². The second-order valence-electron chi connectivity index (χ2n) is 8.30. The number of nitrogens with zero attached hydrogens (tertiary/aromatic N) is 3. The maximum absolute atomic E-state index is 12.0. The van der Waals surface area contributed by atoms with E-state index in [-0.39, 0.29) is 18.9 Å². The van der Waals surface area contributed by atoms with E-state index in [4.69, 9.17) is 4.74 Å². The van der Waals surface area contributed by atoms with Gasteiger partial charge in [0.2, 0.25) is 5.91 Å². The zero-order valence-corrected chi connectivity index (χ0v) is 19.0. The Hall–Kier alpha value is -2.39. The van der Waals surface area contributed by atoms with Gasteiger partial charge in [0.1, 0.15) is 12.4 Å². The fourth-order valence-corrected chi connectivity index (χ4v) is 3.50. The minimum absolute atomic E-state index is 0.0496. The topological polar surface area (TPSA) is 97.2 Å². The number of carbonyl (C=O) groups excluding carboxylic acids is 1. The normalized spacial score (nSPS) is 14.6. The fourth-order valence-electron chi connectivity index (χ4n) is 3.50. The zero-order chi connectivity index (χ0) is 22.6. The van der Waals surface area contributed by atoms with Crippen LogP contribution in [0, 0.1) is 23.0 Å². The van der Waals surface area contributed by atoms with Crippen molar-refractivity contribution in [3.8, 4) is 5.75 Å². The van der Waals surface area contributed by atoms with Crippen molar-refractivity contribution in [2.45, 2.75) is 40.2 Å². The molecular weight excluding hydrogens is 400 g/mol. The molecule has 1 aliphatic heterocycles. The quantitative estimate of drug-likeness (QED) is 0.288. The predicted octanol–water partition coefficient (Wildman–Crippen LogP) is 2.25. The van der Waals surface area contributed by atoms with Gasteiger partial charge in [0.25, 0.3) is 5.09 Å². The maximum atomic E-state index is 12.0. The summed E-state index contributed by atoms with van der Waals surface area (Å²) < 4.78 is 5.90. The highest BCUT2D eigenvalue weighted by Gasteiger charge is 2.20. The number of ether oxygens (including phenoxy) is 1. The monoisotopic (exact) mass is 436 g/mol. The summed E-state index contributed by atoms with van der Waals surface area (Å²) in [7, 11) is 0. The van der Waals surface area contributed by atoms with E-state index < -0.39 is 5.09 Å². The smallest absolute Gasteiger partial charge is 0.294 e. The van der Waals surface area contributed by atoms with E-state index in [0.29, 0.717) is 19.0 Å². The van der Waals surface area contributed by atoms with E-state index in [0.717, 1.165) is 51.5 Å². The van der Waals surface area contributed by atoms with Crippen molar-refractivity contribution in [3.63, 3.8) is 0 Å². The van der Waals surface area contributed by atoms with Gasteiger partial charge in [0.05, 0.1) is 13.0 Å². The molecule has 1 saturated heterocycles. The maximum Gasteiger partial charge on any atom is 0.294 e. The average molecular weight is 437 g/mol. The summed E-state index contributed by atoms with van der Waals surface area (Å²) in [5.74, 6) is 1.38. The van der Waals surface area contributed by atoms with Crippen LogP contribution in [0.5, 0.6) is 5.75 Å². The molecule has 1 fully saturated rings. The molecule has 1 aromatic carbocycles. The standard InChI is InChI=1S/C22H36N4O5/c1-18(2)17-30-21-7-4-6-20(19(21)3)16-23-9-5-10-24-11-13-25(14-12-24)22(27)8-15-31-26(28)29/h4,6-7,18,23H,5,8-17H2,1-3H3. The van der Waals surface area contributed by atoms with E-state index in [1.54, 1.807) is 4.90 Å². The highest BCUT2D eigenvalue weighted by molar-refractivity contribution is 5.76. The molecule has 31 heavy (non-hydrogen) atoms. The van der Waals surface area contributed by atoms with Gasteiger partial charge in [0.15, 0.2) is 0 Å². The van der Waals surface area contributed by atoms with Crippen LogP contribution < -0.4 is 10.1 Å². The Kier molecular flexibility index (Phi) is 10.5. The molecule has 1 aromatic rings. The molecule has 1 aliphatic rings. The first kappa shape index (κ1) is 24.9. The van der Waals surface area contributed by atoms with Gasteiger partial charge in [-0.05, 0) is 49.5 Å². The summed E-state index contributed by atoms with van der Waals surface area (Å²) in [6.07, 6.45) is 1.08. The first-order chi connectivity index (χ1) is 14.9. The number of rotatable bonds is 13. The van der Waals surface area contributed by atoms with Crippen LogP contribution in [0.15, 0.2) is 18.2 Å². The molecule has 9 heteroatoms. The Labute approximate surface area is 184 Å². The molecule has 0 spiro atoms. The van der Waals surface area contributed by atoms with E-state index in [1.807, 2.05) is 12.1 Å². The number of amides is 1. The van der Waals surface area contributed by atoms with Crippen LogP contribution in [0.1, 0.15) is 37.8 Å². The van der Waals surface area contributed by atoms with E-state index in [9.17, 15) is 14.9 Å². The molecule has 0 bridgehead atoms. The van der Waals surface area contributed by atoms with Crippen molar-refractivity contribution in [1.29, 1.82) is 0 Å². The third-order valence-electron chi connectivity index (χ3n) is 5.35. The molecular formula is C22H36N4O5. The lowest BCUT2D eigenvalue weighted by Gasteiger charge is -2.34. The lowest BCUT2D eigenvalue weighted by Crippen LogP contribution is -2.49. The number of nitrogens with one attached hydrogen (secondary N) is 1. The minimum atomic E-state index is -0.863. The lowest BCUT2D eigenvalue weighted by molar-refractivity contribution is -0.757. The second-order valence-corrected chi connectivity index (χ2v) is 8.30. The van der Waals surface area contributed by atoms with Crippen molar-refractivity contribution in [3.05, 3.63) is 39.4 Å². The van der Waals surface area contributed by atoms with Gasteiger partial charge in [-0.15, -0.1) is 10.1 Å². The Morgan fingerprint density at radius 2 is 2.00 bits per heavy atom. The highest BCUT2D eigenvalue weighted by Crippen LogP contribution is 2.22. The first-order valence-corrected chi connectivity index (χ1v) is 11.1. The molecule has 0 aliphatic carbocycles. The summed E-state index contributed by atoms with van der Waals surface area (Å²) in [6.45, 7) is 12.7. The van der Waals surface area contributed by atoms with Crippen LogP contribution in [-0.4, -0.2) is 73.3 Å². The molecule has 1 amide bonds. The number of piperazine rings is 1. The number of benzene rings is 1. The fraction of sp³-hybridized carbons (Fsp3) is 0.682. The Morgan fingerprint density at radius 1 is 1.26 bits per heavy atom. The molecule has 2 rings (SSSR count). The van der Waals surface area contributed by atoms with Crippen LogP contribution in [0.25, 0.3) is 0 Å². The lowest BCUT2D eigenvalue weighted by atomic mass is 10.1. The summed E-state index contributed by atoms with van der Waals surface area (Å²) in [5, 5.41) is 12.8. The molecule has 0 saturated carbocycles. The van der Waals surface area contributed by atoms with Crippen LogP contribution in [-0.2, 0) is 16.2 Å². The van der Waals surface area contributed by atoms with Crippen LogP contribution in [0.2, 0.25) is 0 Å². The zero-order valence-electron chi connectivity index (χ0n) is 19.0. The van der Waals surface area contributed by atoms with Gasteiger partial charge >= 0.3 is 0 Å². The third kappa shape index (κ3) is 9.10. The number of hydrogen-bond donors (Lipinski definition) is 1. The Bertz CT molecular complexity index is 705. The predicted molar refractivity (Wildman–Crippen MR) is 118 cm³/mol. The molecule has 0 atom stereocenters. The molecule has 0 aromatic heterocycles. The van der Waals surface area contributed by atoms with Crippen molar-refractivity contribution in [1.82, 2.24) is 15.1 Å². The largest absolute Gasteiger partial charge is 0.493 e. The summed E-state index contributed by atoms with van der Waals surface area (Å²) in [4.78, 5) is 30.5. The van der Waals surface area contributed by atoms with Gasteiger partial charge in [-0.1, -0.05) is 26.0 Å². The molecule has 1 N–H and O–H groups in total.